The average molecular weight is 255 g/mol. The smallest absolute Gasteiger partial charge is 0.252 e. The van der Waals surface area contributed by atoms with Gasteiger partial charge in [0.15, 0.2) is 0 Å². The minimum absolute atomic E-state index is 0.131. The van der Waals surface area contributed by atoms with E-state index in [-0.39, 0.29) is 12.5 Å². The van der Waals surface area contributed by atoms with Gasteiger partial charge in [-0.1, -0.05) is 13.3 Å². The molecular weight excluding hydrogens is 234 g/mol. The number of nitrogens with zero attached hydrogens (tertiary/aromatic N) is 1. The summed E-state index contributed by atoms with van der Waals surface area (Å²) in [5.74, 6) is -1.31. The third kappa shape index (κ3) is 2.53. The van der Waals surface area contributed by atoms with Crippen molar-refractivity contribution in [2.24, 2.45) is 5.73 Å². The molecule has 0 aromatic carbocycles. The SMILES string of the molecule is CCCC(C)(N)C(=O)N1CC(=O)NC(=O)C1(C)C. The number of imide groups is 1. The van der Waals surface area contributed by atoms with E-state index in [0.717, 1.165) is 6.42 Å². The molecule has 0 saturated carbocycles. The van der Waals surface area contributed by atoms with Crippen LogP contribution in [-0.4, -0.2) is 40.2 Å². The van der Waals surface area contributed by atoms with Crippen LogP contribution in [0.25, 0.3) is 0 Å². The van der Waals surface area contributed by atoms with E-state index in [1.165, 1.54) is 4.90 Å². The Kier molecular flexibility index (Phi) is 3.81. The summed E-state index contributed by atoms with van der Waals surface area (Å²) >= 11 is 0. The first-order valence-corrected chi connectivity index (χ1v) is 6.08. The van der Waals surface area contributed by atoms with E-state index in [0.29, 0.717) is 6.42 Å². The lowest BCUT2D eigenvalue weighted by Gasteiger charge is -2.43. The molecule has 3 amide bonds. The zero-order chi connectivity index (χ0) is 14.1. The molecule has 1 saturated heterocycles. The molecule has 6 nitrogen and oxygen atoms in total. The number of amides is 3. The van der Waals surface area contributed by atoms with Crippen molar-refractivity contribution in [3.8, 4) is 0 Å². The molecule has 1 fully saturated rings. The summed E-state index contributed by atoms with van der Waals surface area (Å²) in [4.78, 5) is 36.8. The zero-order valence-corrected chi connectivity index (χ0v) is 11.4. The van der Waals surface area contributed by atoms with Gasteiger partial charge in [0.1, 0.15) is 12.1 Å². The molecular formula is C12H21N3O3. The van der Waals surface area contributed by atoms with Crippen LogP contribution in [0.3, 0.4) is 0 Å². The predicted molar refractivity (Wildman–Crippen MR) is 66.4 cm³/mol. The lowest BCUT2D eigenvalue weighted by Crippen LogP contribution is -2.69. The molecule has 1 heterocycles. The van der Waals surface area contributed by atoms with Crippen molar-refractivity contribution in [3.05, 3.63) is 0 Å². The largest absolute Gasteiger partial charge is 0.318 e. The normalized spacial score (nSPS) is 22.4. The summed E-state index contributed by atoms with van der Waals surface area (Å²) in [6.45, 7) is 6.64. The van der Waals surface area contributed by atoms with E-state index in [2.05, 4.69) is 5.32 Å². The van der Waals surface area contributed by atoms with Crippen molar-refractivity contribution in [3.63, 3.8) is 0 Å². The van der Waals surface area contributed by atoms with Gasteiger partial charge in [-0.25, -0.2) is 0 Å². The maximum atomic E-state index is 12.4. The minimum atomic E-state index is -1.06. The molecule has 18 heavy (non-hydrogen) atoms. The van der Waals surface area contributed by atoms with Crippen LogP contribution >= 0.6 is 0 Å². The molecule has 102 valence electrons. The van der Waals surface area contributed by atoms with E-state index >= 15 is 0 Å². The highest BCUT2D eigenvalue weighted by Crippen LogP contribution is 2.23. The molecule has 0 aromatic heterocycles. The Balaban J connectivity index is 3.02. The Morgan fingerprint density at radius 1 is 1.50 bits per heavy atom. The molecule has 1 atom stereocenters. The lowest BCUT2D eigenvalue weighted by molar-refractivity contribution is -0.158. The first kappa shape index (κ1) is 14.6. The quantitative estimate of drug-likeness (QED) is 0.681. The van der Waals surface area contributed by atoms with Gasteiger partial charge in [0, 0.05) is 0 Å². The Hall–Kier alpha value is -1.43. The molecule has 3 N–H and O–H groups in total. The first-order valence-electron chi connectivity index (χ1n) is 6.08. The Labute approximate surface area is 107 Å². The van der Waals surface area contributed by atoms with Gasteiger partial charge >= 0.3 is 0 Å². The van der Waals surface area contributed by atoms with Crippen LogP contribution in [0.2, 0.25) is 0 Å². The molecule has 0 aromatic rings. The molecule has 1 aliphatic heterocycles. The monoisotopic (exact) mass is 255 g/mol. The number of carbonyl (C=O) groups is 3. The van der Waals surface area contributed by atoms with Crippen molar-refractivity contribution >= 4 is 17.7 Å². The second-order valence-electron chi connectivity index (χ2n) is 5.50. The fourth-order valence-corrected chi connectivity index (χ4v) is 2.04. The Bertz CT molecular complexity index is 388. The zero-order valence-electron chi connectivity index (χ0n) is 11.4. The topological polar surface area (TPSA) is 92.5 Å². The number of piperazine rings is 1. The molecule has 0 radical (unpaired) electrons. The molecule has 1 aliphatic rings. The molecule has 0 bridgehead atoms. The lowest BCUT2D eigenvalue weighted by atomic mass is 9.90. The fourth-order valence-electron chi connectivity index (χ4n) is 2.04. The van der Waals surface area contributed by atoms with Crippen LogP contribution in [-0.2, 0) is 14.4 Å². The van der Waals surface area contributed by atoms with Crippen LogP contribution < -0.4 is 11.1 Å². The standard InChI is InChI=1S/C12H21N3O3/c1-5-6-12(4,13)10(18)15-7-8(16)14-9(17)11(15,2)3/h5-7,13H2,1-4H3,(H,14,16,17). The van der Waals surface area contributed by atoms with Gasteiger partial charge in [0.05, 0.1) is 5.54 Å². The summed E-state index contributed by atoms with van der Waals surface area (Å²) in [6, 6.07) is 0. The maximum absolute atomic E-state index is 12.4. The maximum Gasteiger partial charge on any atom is 0.252 e. The molecule has 0 spiro atoms. The number of hydrogen-bond donors (Lipinski definition) is 2. The van der Waals surface area contributed by atoms with Gasteiger partial charge in [0.25, 0.3) is 5.91 Å². The highest BCUT2D eigenvalue weighted by Gasteiger charge is 2.47. The van der Waals surface area contributed by atoms with Crippen LogP contribution in [0.15, 0.2) is 0 Å². The van der Waals surface area contributed by atoms with E-state index in [4.69, 9.17) is 5.73 Å². The second kappa shape index (κ2) is 4.68. The second-order valence-corrected chi connectivity index (χ2v) is 5.50. The number of rotatable bonds is 3. The van der Waals surface area contributed by atoms with Crippen LogP contribution in [0.1, 0.15) is 40.5 Å². The van der Waals surface area contributed by atoms with Gasteiger partial charge < -0.3 is 10.6 Å². The van der Waals surface area contributed by atoms with Gasteiger partial charge in [-0.15, -0.1) is 0 Å². The Morgan fingerprint density at radius 3 is 2.56 bits per heavy atom. The highest BCUT2D eigenvalue weighted by atomic mass is 16.2. The average Bonchev–Trinajstić information content (AvgIpc) is 2.22. The highest BCUT2D eigenvalue weighted by molar-refractivity contribution is 6.07. The third-order valence-electron chi connectivity index (χ3n) is 3.29. The molecule has 1 unspecified atom stereocenters. The predicted octanol–water partition coefficient (Wildman–Crippen LogP) is -0.232. The number of hydrogen-bond acceptors (Lipinski definition) is 4. The van der Waals surface area contributed by atoms with Gasteiger partial charge in [-0.3, -0.25) is 19.7 Å². The van der Waals surface area contributed by atoms with Crippen LogP contribution in [0.4, 0.5) is 0 Å². The number of carbonyl (C=O) groups excluding carboxylic acids is 3. The van der Waals surface area contributed by atoms with E-state index in [1.54, 1.807) is 20.8 Å². The van der Waals surface area contributed by atoms with E-state index in [1.807, 2.05) is 6.92 Å². The third-order valence-corrected chi connectivity index (χ3v) is 3.29. The van der Waals surface area contributed by atoms with Crippen molar-refractivity contribution in [2.45, 2.75) is 51.6 Å². The van der Waals surface area contributed by atoms with Crippen molar-refractivity contribution in [1.82, 2.24) is 10.2 Å². The minimum Gasteiger partial charge on any atom is -0.318 e. The summed E-state index contributed by atoms with van der Waals surface area (Å²) in [6.07, 6.45) is 1.27. The van der Waals surface area contributed by atoms with Crippen LogP contribution in [0.5, 0.6) is 0 Å². The molecule has 0 aliphatic carbocycles. The van der Waals surface area contributed by atoms with Crippen LogP contribution in [0, 0.1) is 0 Å². The van der Waals surface area contributed by atoms with Crippen molar-refractivity contribution < 1.29 is 14.4 Å². The van der Waals surface area contributed by atoms with Gasteiger partial charge in [-0.2, -0.15) is 0 Å². The first-order chi connectivity index (χ1) is 8.13. The summed E-state index contributed by atoms with van der Waals surface area (Å²) in [5.41, 5.74) is 3.87. The number of nitrogens with two attached hydrogens (primary N) is 1. The summed E-state index contributed by atoms with van der Waals surface area (Å²) in [7, 11) is 0. The Morgan fingerprint density at radius 2 is 2.06 bits per heavy atom. The van der Waals surface area contributed by atoms with E-state index in [9.17, 15) is 14.4 Å². The summed E-state index contributed by atoms with van der Waals surface area (Å²) in [5, 5.41) is 2.23. The number of nitrogens with one attached hydrogen (secondary N) is 1. The van der Waals surface area contributed by atoms with Gasteiger partial charge in [0.2, 0.25) is 11.8 Å². The van der Waals surface area contributed by atoms with Gasteiger partial charge in [-0.05, 0) is 27.2 Å². The molecule has 1 rings (SSSR count). The summed E-state index contributed by atoms with van der Waals surface area (Å²) < 4.78 is 0. The fraction of sp³-hybridized carbons (Fsp3) is 0.750. The van der Waals surface area contributed by atoms with Crippen molar-refractivity contribution in [1.29, 1.82) is 0 Å². The van der Waals surface area contributed by atoms with E-state index < -0.39 is 22.9 Å². The van der Waals surface area contributed by atoms with Crippen molar-refractivity contribution in [2.75, 3.05) is 6.54 Å². The molecule has 6 heteroatoms.